The number of pyridine rings is 1. The van der Waals surface area contributed by atoms with Gasteiger partial charge in [-0.2, -0.15) is 0 Å². The van der Waals surface area contributed by atoms with Crippen molar-refractivity contribution in [1.82, 2.24) is 4.98 Å². The Morgan fingerprint density at radius 2 is 1.33 bits per heavy atom. The summed E-state index contributed by atoms with van der Waals surface area (Å²) in [5, 5.41) is 0. The van der Waals surface area contributed by atoms with Crippen molar-refractivity contribution in [1.29, 1.82) is 0 Å². The molecule has 0 amide bonds. The van der Waals surface area contributed by atoms with E-state index in [4.69, 9.17) is 0 Å². The van der Waals surface area contributed by atoms with E-state index in [2.05, 4.69) is 77.7 Å². The van der Waals surface area contributed by atoms with Gasteiger partial charge in [-0.05, 0) is 30.0 Å². The highest BCUT2D eigenvalue weighted by Crippen LogP contribution is 2.26. The van der Waals surface area contributed by atoms with Crippen LogP contribution in [0.15, 0.2) is 48.7 Å². The summed E-state index contributed by atoms with van der Waals surface area (Å²) < 4.78 is 0. The standard InChI is InChI=1S/C13H21N.C7H8/c1-12(2,3)10-7-8-14-11(9-10)13(4,5)6;1-7-5-3-2-4-6-7/h7-9H,1-6H3;2-6H,1H3. The Hall–Kier alpha value is -1.63. The lowest BCUT2D eigenvalue weighted by Gasteiger charge is -2.23. The molecule has 0 saturated heterocycles. The minimum atomic E-state index is 0.140. The van der Waals surface area contributed by atoms with Crippen molar-refractivity contribution in [3.63, 3.8) is 0 Å². The van der Waals surface area contributed by atoms with Gasteiger partial charge in [0.1, 0.15) is 0 Å². The molecule has 0 aliphatic heterocycles. The smallest absolute Gasteiger partial charge is 0.0459 e. The van der Waals surface area contributed by atoms with Crippen LogP contribution in [-0.4, -0.2) is 4.98 Å². The number of aryl methyl sites for hydroxylation is 1. The number of aromatic nitrogens is 1. The second kappa shape index (κ2) is 6.89. The highest BCUT2D eigenvalue weighted by molar-refractivity contribution is 5.26. The number of rotatable bonds is 0. The highest BCUT2D eigenvalue weighted by atomic mass is 14.7. The van der Waals surface area contributed by atoms with Crippen LogP contribution in [0.25, 0.3) is 0 Å². The van der Waals surface area contributed by atoms with E-state index in [1.807, 2.05) is 24.4 Å². The van der Waals surface area contributed by atoms with Crippen molar-refractivity contribution >= 4 is 0 Å². The van der Waals surface area contributed by atoms with E-state index in [1.54, 1.807) is 0 Å². The van der Waals surface area contributed by atoms with Crippen LogP contribution in [0.2, 0.25) is 0 Å². The molecule has 0 aliphatic carbocycles. The van der Waals surface area contributed by atoms with Crippen LogP contribution in [0.3, 0.4) is 0 Å². The zero-order valence-corrected chi connectivity index (χ0v) is 14.6. The third-order valence-electron chi connectivity index (χ3n) is 3.33. The number of hydrogen-bond acceptors (Lipinski definition) is 1. The van der Waals surface area contributed by atoms with E-state index in [-0.39, 0.29) is 10.8 Å². The van der Waals surface area contributed by atoms with Crippen LogP contribution in [0.5, 0.6) is 0 Å². The number of hydrogen-bond donors (Lipinski definition) is 0. The molecule has 2 rings (SSSR count). The molecule has 21 heavy (non-hydrogen) atoms. The number of benzene rings is 1. The maximum Gasteiger partial charge on any atom is 0.0459 e. The molecule has 1 nitrogen and oxygen atoms in total. The molecule has 0 aliphatic rings. The van der Waals surface area contributed by atoms with Gasteiger partial charge in [0.2, 0.25) is 0 Å². The van der Waals surface area contributed by atoms with Crippen LogP contribution in [0.4, 0.5) is 0 Å². The van der Waals surface area contributed by atoms with Crippen LogP contribution in [0.1, 0.15) is 58.4 Å². The summed E-state index contributed by atoms with van der Waals surface area (Å²) >= 11 is 0. The van der Waals surface area contributed by atoms with Crippen LogP contribution >= 0.6 is 0 Å². The average Bonchev–Trinajstić information content (AvgIpc) is 2.38. The molecule has 2 aromatic rings. The molecular formula is C20H29N. The minimum Gasteiger partial charge on any atom is -0.261 e. The average molecular weight is 283 g/mol. The summed E-state index contributed by atoms with van der Waals surface area (Å²) in [6.07, 6.45) is 1.92. The Bertz CT molecular complexity index is 513. The highest BCUT2D eigenvalue weighted by Gasteiger charge is 2.19. The molecule has 1 heteroatoms. The molecule has 1 aromatic heterocycles. The molecule has 114 valence electrons. The van der Waals surface area contributed by atoms with E-state index >= 15 is 0 Å². The summed E-state index contributed by atoms with van der Waals surface area (Å²) in [5.74, 6) is 0. The van der Waals surface area contributed by atoms with Gasteiger partial charge >= 0.3 is 0 Å². The second-order valence-corrected chi connectivity index (χ2v) is 7.58. The van der Waals surface area contributed by atoms with Crippen molar-refractivity contribution < 1.29 is 0 Å². The second-order valence-electron chi connectivity index (χ2n) is 7.58. The van der Waals surface area contributed by atoms with E-state index in [0.29, 0.717) is 0 Å². The van der Waals surface area contributed by atoms with Crippen LogP contribution in [0, 0.1) is 6.92 Å². The molecule has 0 atom stereocenters. The Balaban J connectivity index is 0.000000262. The number of nitrogens with zero attached hydrogens (tertiary/aromatic N) is 1. The molecule has 0 fully saturated rings. The minimum absolute atomic E-state index is 0.140. The van der Waals surface area contributed by atoms with Gasteiger partial charge in [-0.25, -0.2) is 0 Å². The molecule has 0 bridgehead atoms. The van der Waals surface area contributed by atoms with Gasteiger partial charge in [0.25, 0.3) is 0 Å². The lowest BCUT2D eigenvalue weighted by Crippen LogP contribution is -2.17. The molecule has 0 unspecified atom stereocenters. The Kier molecular flexibility index (Phi) is 5.71. The van der Waals surface area contributed by atoms with Gasteiger partial charge in [-0.1, -0.05) is 77.4 Å². The molecule has 1 heterocycles. The molecule has 0 spiro atoms. The van der Waals surface area contributed by atoms with Crippen molar-refractivity contribution in [2.45, 2.75) is 59.3 Å². The zero-order valence-electron chi connectivity index (χ0n) is 14.6. The quantitative estimate of drug-likeness (QED) is 0.607. The maximum absolute atomic E-state index is 4.42. The maximum atomic E-state index is 4.42. The molecule has 1 aromatic carbocycles. The first-order valence-corrected chi connectivity index (χ1v) is 7.59. The van der Waals surface area contributed by atoms with Gasteiger partial charge in [-0.15, -0.1) is 0 Å². The largest absolute Gasteiger partial charge is 0.261 e. The zero-order chi connectivity index (χ0) is 16.1. The van der Waals surface area contributed by atoms with E-state index < -0.39 is 0 Å². The summed E-state index contributed by atoms with van der Waals surface area (Å²) in [7, 11) is 0. The van der Waals surface area contributed by atoms with Crippen LogP contribution < -0.4 is 0 Å². The first-order chi connectivity index (χ1) is 9.60. The summed E-state index contributed by atoms with van der Waals surface area (Å²) in [5.41, 5.74) is 4.20. The van der Waals surface area contributed by atoms with Crippen LogP contribution in [-0.2, 0) is 10.8 Å². The topological polar surface area (TPSA) is 12.9 Å². The van der Waals surface area contributed by atoms with E-state index in [9.17, 15) is 0 Å². The summed E-state index contributed by atoms with van der Waals surface area (Å²) in [6, 6.07) is 14.6. The Labute approximate surface area is 130 Å². The SMILES string of the molecule is CC(C)(C)c1ccnc(C(C)(C)C)c1.Cc1ccccc1. The first kappa shape index (κ1) is 17.4. The lowest BCUT2D eigenvalue weighted by atomic mass is 9.84. The summed E-state index contributed by atoms with van der Waals surface area (Å²) in [6.45, 7) is 15.4. The Morgan fingerprint density at radius 1 is 0.762 bits per heavy atom. The van der Waals surface area contributed by atoms with Crippen molar-refractivity contribution in [3.05, 3.63) is 65.5 Å². The third-order valence-corrected chi connectivity index (χ3v) is 3.33. The first-order valence-electron chi connectivity index (χ1n) is 7.59. The van der Waals surface area contributed by atoms with Crippen molar-refractivity contribution in [2.75, 3.05) is 0 Å². The molecule has 0 radical (unpaired) electrons. The predicted octanol–water partition coefficient (Wildman–Crippen LogP) is 5.67. The van der Waals surface area contributed by atoms with Gasteiger partial charge in [0, 0.05) is 17.3 Å². The lowest BCUT2D eigenvalue weighted by molar-refractivity contribution is 0.552. The molecular weight excluding hydrogens is 254 g/mol. The molecule has 0 saturated carbocycles. The monoisotopic (exact) mass is 283 g/mol. The van der Waals surface area contributed by atoms with Gasteiger partial charge in [0.05, 0.1) is 0 Å². The summed E-state index contributed by atoms with van der Waals surface area (Å²) in [4.78, 5) is 4.42. The third kappa shape index (κ3) is 6.12. The van der Waals surface area contributed by atoms with Crippen molar-refractivity contribution in [3.8, 4) is 0 Å². The normalized spacial score (nSPS) is 11.6. The van der Waals surface area contributed by atoms with E-state index in [0.717, 1.165) is 0 Å². The predicted molar refractivity (Wildman–Crippen MR) is 92.8 cm³/mol. The Morgan fingerprint density at radius 3 is 1.71 bits per heavy atom. The molecule has 0 N–H and O–H groups in total. The fourth-order valence-corrected chi connectivity index (χ4v) is 1.84. The fraction of sp³-hybridized carbons (Fsp3) is 0.450. The van der Waals surface area contributed by atoms with E-state index in [1.165, 1.54) is 16.8 Å². The fourth-order valence-electron chi connectivity index (χ4n) is 1.84. The van der Waals surface area contributed by atoms with Gasteiger partial charge in [-0.3, -0.25) is 4.98 Å². The van der Waals surface area contributed by atoms with Gasteiger partial charge in [0.15, 0.2) is 0 Å². The van der Waals surface area contributed by atoms with Gasteiger partial charge < -0.3 is 0 Å². The van der Waals surface area contributed by atoms with Crippen molar-refractivity contribution in [2.24, 2.45) is 0 Å².